The molecule has 4 aromatic rings. The third-order valence-electron chi connectivity index (χ3n) is 6.45. The maximum atomic E-state index is 13.5. The third kappa shape index (κ3) is 6.93. The van der Waals surface area contributed by atoms with Gasteiger partial charge in [-0.2, -0.15) is 5.10 Å². The van der Waals surface area contributed by atoms with Gasteiger partial charge in [-0.15, -0.1) is 0 Å². The van der Waals surface area contributed by atoms with Gasteiger partial charge in [-0.25, -0.2) is 18.4 Å². The average Bonchev–Trinajstić information content (AvgIpc) is 3.22. The van der Waals surface area contributed by atoms with Crippen LogP contribution in [0.25, 0.3) is 11.3 Å². The third-order valence-corrected chi connectivity index (χ3v) is 6.45. The van der Waals surface area contributed by atoms with Crippen molar-refractivity contribution in [1.29, 1.82) is 0 Å². The van der Waals surface area contributed by atoms with Crippen molar-refractivity contribution in [1.82, 2.24) is 15.1 Å². The summed E-state index contributed by atoms with van der Waals surface area (Å²) in [6, 6.07) is 17.3. The summed E-state index contributed by atoms with van der Waals surface area (Å²) in [5.74, 6) is -4.14. The van der Waals surface area contributed by atoms with Crippen LogP contribution in [-0.4, -0.2) is 38.9 Å². The van der Waals surface area contributed by atoms with Crippen molar-refractivity contribution in [2.75, 3.05) is 5.32 Å². The first-order chi connectivity index (χ1) is 19.5. The number of carbonyl (C=O) groups excluding carboxylic acids is 2. The normalized spacial score (nSPS) is 12.3. The minimum absolute atomic E-state index is 0.176. The van der Waals surface area contributed by atoms with Crippen molar-refractivity contribution in [3.63, 3.8) is 0 Å². The first-order valence-corrected chi connectivity index (χ1v) is 12.7. The monoisotopic (exact) mass is 562 g/mol. The lowest BCUT2D eigenvalue weighted by atomic mass is 10.0. The van der Waals surface area contributed by atoms with Crippen LogP contribution in [0.2, 0.25) is 0 Å². The summed E-state index contributed by atoms with van der Waals surface area (Å²) in [6.45, 7) is 3.50. The Bertz CT molecular complexity index is 1570. The highest BCUT2D eigenvalue weighted by Gasteiger charge is 2.23. The Labute approximate surface area is 234 Å². The molecule has 212 valence electrons. The van der Waals surface area contributed by atoms with Gasteiger partial charge in [-0.05, 0) is 49.2 Å². The zero-order chi connectivity index (χ0) is 29.7. The number of aliphatic carboxylic acids is 1. The molecule has 41 heavy (non-hydrogen) atoms. The minimum Gasteiger partial charge on any atom is -0.480 e. The Morgan fingerprint density at radius 2 is 1.68 bits per heavy atom. The summed E-state index contributed by atoms with van der Waals surface area (Å²) < 4.78 is 33.9. The van der Waals surface area contributed by atoms with Crippen LogP contribution in [0.3, 0.4) is 0 Å². The number of carbonyl (C=O) groups is 3. The SMILES string of the molecule is Cc1nn(C)c(-c2ccc(C(=O)NC(Cc3ccc(F)c(F)c3)C(=O)O)cc2)c1NC(=O)O[C@H](C)c1ccccc1. The fraction of sp³-hybridized carbons (Fsp3) is 0.200. The fourth-order valence-corrected chi connectivity index (χ4v) is 4.35. The molecular weight excluding hydrogens is 534 g/mol. The number of nitrogens with zero attached hydrogens (tertiary/aromatic N) is 2. The second-order valence-corrected chi connectivity index (χ2v) is 9.41. The Morgan fingerprint density at radius 1 is 1.00 bits per heavy atom. The number of halogens is 2. The highest BCUT2D eigenvalue weighted by molar-refractivity contribution is 5.97. The number of nitrogens with one attached hydrogen (secondary N) is 2. The molecule has 0 bridgehead atoms. The number of aromatic nitrogens is 2. The maximum absolute atomic E-state index is 13.5. The van der Waals surface area contributed by atoms with Crippen LogP contribution in [0, 0.1) is 18.6 Å². The van der Waals surface area contributed by atoms with Gasteiger partial charge in [0.05, 0.1) is 17.1 Å². The largest absolute Gasteiger partial charge is 0.480 e. The molecule has 0 aliphatic heterocycles. The van der Waals surface area contributed by atoms with Crippen molar-refractivity contribution in [3.05, 3.63) is 107 Å². The molecular formula is C30H28F2N4O5. The smallest absolute Gasteiger partial charge is 0.412 e. The molecule has 0 spiro atoms. The van der Waals surface area contributed by atoms with Crippen LogP contribution in [0.5, 0.6) is 0 Å². The number of anilines is 1. The standard InChI is InChI=1S/C30H28F2N4O5/c1-17-26(34-30(40)41-18(2)20-7-5-4-6-8-20)27(36(3)35-17)21-10-12-22(13-11-21)28(37)33-25(29(38)39)16-19-9-14-23(31)24(32)15-19/h4-15,18,25H,16H2,1-3H3,(H,33,37)(H,34,40)(H,38,39)/t18-,25?/m1/s1. The number of benzene rings is 3. The van der Waals surface area contributed by atoms with Gasteiger partial charge in [0.25, 0.3) is 5.91 Å². The first kappa shape index (κ1) is 28.9. The zero-order valence-electron chi connectivity index (χ0n) is 22.5. The summed E-state index contributed by atoms with van der Waals surface area (Å²) in [7, 11) is 1.71. The summed E-state index contributed by atoms with van der Waals surface area (Å²) in [4.78, 5) is 37.3. The summed E-state index contributed by atoms with van der Waals surface area (Å²) in [5, 5.41) is 19.1. The van der Waals surface area contributed by atoms with Crippen LogP contribution in [0.15, 0.2) is 72.8 Å². The summed E-state index contributed by atoms with van der Waals surface area (Å²) >= 11 is 0. The van der Waals surface area contributed by atoms with Crippen molar-refractivity contribution < 1.29 is 33.0 Å². The minimum atomic E-state index is -1.37. The number of ether oxygens (including phenoxy) is 1. The molecule has 3 N–H and O–H groups in total. The van der Waals surface area contributed by atoms with E-state index in [-0.39, 0.29) is 17.5 Å². The molecule has 0 aliphatic carbocycles. The van der Waals surface area contributed by atoms with E-state index in [1.165, 1.54) is 18.2 Å². The first-order valence-electron chi connectivity index (χ1n) is 12.7. The highest BCUT2D eigenvalue weighted by atomic mass is 19.2. The molecule has 0 radical (unpaired) electrons. The van der Waals surface area contributed by atoms with Crippen LogP contribution in [0.4, 0.5) is 19.3 Å². The van der Waals surface area contributed by atoms with Gasteiger partial charge < -0.3 is 15.2 Å². The number of hydrogen-bond donors (Lipinski definition) is 3. The lowest BCUT2D eigenvalue weighted by Gasteiger charge is -2.16. The van der Waals surface area contributed by atoms with Gasteiger partial charge in [0, 0.05) is 24.6 Å². The Morgan fingerprint density at radius 3 is 2.32 bits per heavy atom. The Hall–Kier alpha value is -5.06. The zero-order valence-corrected chi connectivity index (χ0v) is 22.5. The Balaban J connectivity index is 1.47. The van der Waals surface area contributed by atoms with E-state index >= 15 is 0 Å². The molecule has 1 unspecified atom stereocenters. The number of carboxylic acids is 1. The van der Waals surface area contributed by atoms with E-state index in [0.717, 1.165) is 17.7 Å². The van der Waals surface area contributed by atoms with E-state index in [0.29, 0.717) is 22.6 Å². The molecule has 1 heterocycles. The van der Waals surface area contributed by atoms with E-state index in [1.807, 2.05) is 30.3 Å². The van der Waals surface area contributed by atoms with Crippen molar-refractivity contribution in [3.8, 4) is 11.3 Å². The number of hydrogen-bond acceptors (Lipinski definition) is 5. The van der Waals surface area contributed by atoms with Gasteiger partial charge in [-0.1, -0.05) is 48.5 Å². The fourth-order valence-electron chi connectivity index (χ4n) is 4.35. The van der Waals surface area contributed by atoms with E-state index in [4.69, 9.17) is 4.74 Å². The van der Waals surface area contributed by atoms with Gasteiger partial charge in [0.15, 0.2) is 11.6 Å². The van der Waals surface area contributed by atoms with Gasteiger partial charge in [0.1, 0.15) is 12.1 Å². The van der Waals surface area contributed by atoms with Gasteiger partial charge in [-0.3, -0.25) is 14.8 Å². The molecule has 4 rings (SSSR count). The topological polar surface area (TPSA) is 123 Å². The summed E-state index contributed by atoms with van der Waals surface area (Å²) in [6.07, 6.45) is -1.37. The molecule has 3 aromatic carbocycles. The van der Waals surface area contributed by atoms with Crippen LogP contribution in [-0.2, 0) is 23.0 Å². The highest BCUT2D eigenvalue weighted by Crippen LogP contribution is 2.31. The van der Waals surface area contributed by atoms with Crippen molar-refractivity contribution >= 4 is 23.7 Å². The number of rotatable bonds is 9. The predicted octanol–water partition coefficient (Wildman–Crippen LogP) is 5.41. The van der Waals surface area contributed by atoms with E-state index in [2.05, 4.69) is 15.7 Å². The maximum Gasteiger partial charge on any atom is 0.412 e. The van der Waals surface area contributed by atoms with Crippen molar-refractivity contribution in [2.45, 2.75) is 32.4 Å². The molecule has 0 saturated heterocycles. The van der Waals surface area contributed by atoms with E-state index < -0.39 is 41.7 Å². The molecule has 9 nitrogen and oxygen atoms in total. The predicted molar refractivity (Wildman–Crippen MR) is 147 cm³/mol. The molecule has 2 atom stereocenters. The Kier molecular flexibility index (Phi) is 8.76. The quantitative estimate of drug-likeness (QED) is 0.251. The molecule has 0 fully saturated rings. The molecule has 0 saturated carbocycles. The second-order valence-electron chi connectivity index (χ2n) is 9.41. The lowest BCUT2D eigenvalue weighted by molar-refractivity contribution is -0.139. The number of carboxylic acid groups (broad SMARTS) is 1. The number of amides is 2. The van der Waals surface area contributed by atoms with E-state index in [1.54, 1.807) is 37.7 Å². The van der Waals surface area contributed by atoms with Crippen molar-refractivity contribution in [2.24, 2.45) is 7.05 Å². The lowest BCUT2D eigenvalue weighted by Crippen LogP contribution is -2.42. The van der Waals surface area contributed by atoms with Gasteiger partial charge in [0.2, 0.25) is 0 Å². The molecule has 1 aromatic heterocycles. The van der Waals surface area contributed by atoms with E-state index in [9.17, 15) is 28.3 Å². The number of aryl methyl sites for hydroxylation is 2. The summed E-state index contributed by atoms with van der Waals surface area (Å²) in [5.41, 5.74) is 3.43. The molecule has 2 amide bonds. The van der Waals surface area contributed by atoms with Crippen LogP contribution < -0.4 is 10.6 Å². The molecule has 0 aliphatic rings. The van der Waals surface area contributed by atoms with Crippen LogP contribution >= 0.6 is 0 Å². The molecule has 11 heteroatoms. The van der Waals surface area contributed by atoms with Gasteiger partial charge >= 0.3 is 12.1 Å². The second kappa shape index (κ2) is 12.4. The average molecular weight is 563 g/mol. The van der Waals surface area contributed by atoms with Crippen LogP contribution in [0.1, 0.15) is 40.2 Å².